The summed E-state index contributed by atoms with van der Waals surface area (Å²) in [4.78, 5) is 11.8. The number of nitrogens with two attached hydrogens (primary N) is 1. The third-order valence-electron chi connectivity index (χ3n) is 6.01. The van der Waals surface area contributed by atoms with Gasteiger partial charge in [-0.2, -0.15) is 0 Å². The van der Waals surface area contributed by atoms with Crippen LogP contribution in [0.15, 0.2) is 0 Å². The standard InChI is InChI=1S/C24H49NO/c1-4-6-8-9-10-11-12-13-14-15-16-17-18-20-22-24(3,23(25)26)21-19-7-5-2/h4-22H2,1-3H3,(H2,25,26). The number of carbonyl (C=O) groups excluding carboxylic acids is 1. The molecule has 156 valence electrons. The summed E-state index contributed by atoms with van der Waals surface area (Å²) < 4.78 is 0. The minimum absolute atomic E-state index is 0.0942. The van der Waals surface area contributed by atoms with E-state index in [9.17, 15) is 4.79 Å². The lowest BCUT2D eigenvalue weighted by Gasteiger charge is -2.26. The normalized spacial score (nSPS) is 13.7. The third kappa shape index (κ3) is 14.6. The minimum atomic E-state index is -0.272. The molecule has 0 aliphatic rings. The van der Waals surface area contributed by atoms with Crippen LogP contribution in [-0.2, 0) is 4.79 Å². The highest BCUT2D eigenvalue weighted by Crippen LogP contribution is 2.31. The van der Waals surface area contributed by atoms with Crippen LogP contribution in [0.2, 0.25) is 0 Å². The molecule has 0 saturated carbocycles. The Morgan fingerprint density at radius 3 is 1.19 bits per heavy atom. The molecular weight excluding hydrogens is 318 g/mol. The van der Waals surface area contributed by atoms with Crippen LogP contribution < -0.4 is 5.73 Å². The number of primary amides is 1. The zero-order valence-corrected chi connectivity index (χ0v) is 18.4. The minimum Gasteiger partial charge on any atom is -0.369 e. The first-order valence-corrected chi connectivity index (χ1v) is 11.9. The lowest BCUT2D eigenvalue weighted by Crippen LogP contribution is -2.34. The van der Waals surface area contributed by atoms with Crippen LogP contribution in [-0.4, -0.2) is 5.91 Å². The Bertz CT molecular complexity index is 315. The van der Waals surface area contributed by atoms with Crippen molar-refractivity contribution in [3.63, 3.8) is 0 Å². The van der Waals surface area contributed by atoms with E-state index in [-0.39, 0.29) is 11.3 Å². The van der Waals surface area contributed by atoms with E-state index in [0.717, 1.165) is 25.7 Å². The van der Waals surface area contributed by atoms with Gasteiger partial charge in [0.1, 0.15) is 0 Å². The molecule has 0 aromatic rings. The fourth-order valence-electron chi connectivity index (χ4n) is 3.85. The summed E-state index contributed by atoms with van der Waals surface area (Å²) in [5.41, 5.74) is 5.40. The highest BCUT2D eigenvalue weighted by atomic mass is 16.1. The summed E-state index contributed by atoms with van der Waals surface area (Å²) in [5.74, 6) is -0.0942. The second-order valence-electron chi connectivity index (χ2n) is 8.73. The molecule has 0 aliphatic carbocycles. The van der Waals surface area contributed by atoms with Crippen molar-refractivity contribution in [1.29, 1.82) is 0 Å². The van der Waals surface area contributed by atoms with Crippen molar-refractivity contribution in [2.24, 2.45) is 11.1 Å². The molecule has 1 atom stereocenters. The summed E-state index contributed by atoms with van der Waals surface area (Å²) in [6.45, 7) is 6.56. The zero-order valence-electron chi connectivity index (χ0n) is 18.4. The van der Waals surface area contributed by atoms with Crippen molar-refractivity contribution in [3.05, 3.63) is 0 Å². The molecule has 0 rings (SSSR count). The molecule has 0 fully saturated rings. The first-order valence-electron chi connectivity index (χ1n) is 11.9. The Balaban J connectivity index is 3.46. The van der Waals surface area contributed by atoms with Gasteiger partial charge in [-0.05, 0) is 12.8 Å². The van der Waals surface area contributed by atoms with E-state index < -0.39 is 0 Å². The van der Waals surface area contributed by atoms with Crippen molar-refractivity contribution in [2.75, 3.05) is 0 Å². The Kier molecular flexibility index (Phi) is 17.5. The molecule has 1 unspecified atom stereocenters. The van der Waals surface area contributed by atoms with E-state index in [1.807, 2.05) is 0 Å². The maximum absolute atomic E-state index is 11.8. The Morgan fingerprint density at radius 1 is 0.577 bits per heavy atom. The summed E-state index contributed by atoms with van der Waals surface area (Å²) in [5, 5.41) is 0. The van der Waals surface area contributed by atoms with Gasteiger partial charge in [-0.1, -0.05) is 130 Å². The van der Waals surface area contributed by atoms with Gasteiger partial charge in [-0.3, -0.25) is 4.79 Å². The SMILES string of the molecule is CCCCCCCCCCCCCCCCC(C)(CCCCC)C(N)=O. The lowest BCUT2D eigenvalue weighted by molar-refractivity contribution is -0.127. The fourth-order valence-corrected chi connectivity index (χ4v) is 3.85. The maximum Gasteiger partial charge on any atom is 0.223 e. The summed E-state index contributed by atoms with van der Waals surface area (Å²) >= 11 is 0. The first-order chi connectivity index (χ1) is 12.6. The lowest BCUT2D eigenvalue weighted by atomic mass is 9.79. The molecule has 0 heterocycles. The molecule has 2 N–H and O–H groups in total. The van der Waals surface area contributed by atoms with E-state index >= 15 is 0 Å². The predicted molar refractivity (Wildman–Crippen MR) is 116 cm³/mol. The molecule has 0 bridgehead atoms. The molecule has 1 amide bonds. The maximum atomic E-state index is 11.8. The number of carbonyl (C=O) groups is 1. The Hall–Kier alpha value is -0.530. The van der Waals surface area contributed by atoms with Gasteiger partial charge < -0.3 is 5.73 Å². The van der Waals surface area contributed by atoms with Gasteiger partial charge in [0.05, 0.1) is 0 Å². The van der Waals surface area contributed by atoms with Gasteiger partial charge in [-0.25, -0.2) is 0 Å². The van der Waals surface area contributed by atoms with E-state index in [1.54, 1.807) is 0 Å². The molecule has 0 spiro atoms. The molecular formula is C24H49NO. The molecule has 0 radical (unpaired) electrons. The van der Waals surface area contributed by atoms with E-state index in [0.29, 0.717) is 0 Å². The van der Waals surface area contributed by atoms with Gasteiger partial charge in [0.25, 0.3) is 0 Å². The summed E-state index contributed by atoms with van der Waals surface area (Å²) in [6.07, 6.45) is 24.7. The fraction of sp³-hybridized carbons (Fsp3) is 0.958. The first kappa shape index (κ1) is 25.5. The highest BCUT2D eigenvalue weighted by molar-refractivity contribution is 5.80. The molecule has 2 nitrogen and oxygen atoms in total. The van der Waals surface area contributed by atoms with Crippen molar-refractivity contribution >= 4 is 5.91 Å². The molecule has 0 aliphatic heterocycles. The van der Waals surface area contributed by atoms with Gasteiger partial charge in [0.15, 0.2) is 0 Å². The second-order valence-corrected chi connectivity index (χ2v) is 8.73. The largest absolute Gasteiger partial charge is 0.369 e. The Morgan fingerprint density at radius 2 is 0.846 bits per heavy atom. The number of hydrogen-bond acceptors (Lipinski definition) is 1. The van der Waals surface area contributed by atoms with Gasteiger partial charge in [-0.15, -0.1) is 0 Å². The predicted octanol–water partition coefficient (Wildman–Crippen LogP) is 7.93. The number of unbranched alkanes of at least 4 members (excludes halogenated alkanes) is 15. The van der Waals surface area contributed by atoms with Crippen LogP contribution in [0.25, 0.3) is 0 Å². The molecule has 0 aromatic heterocycles. The number of amides is 1. The monoisotopic (exact) mass is 367 g/mol. The van der Waals surface area contributed by atoms with Crippen molar-refractivity contribution < 1.29 is 4.79 Å². The smallest absolute Gasteiger partial charge is 0.223 e. The number of rotatable bonds is 20. The van der Waals surface area contributed by atoms with Crippen molar-refractivity contribution in [1.82, 2.24) is 0 Å². The van der Waals surface area contributed by atoms with Gasteiger partial charge in [0, 0.05) is 5.41 Å². The van der Waals surface area contributed by atoms with E-state index in [4.69, 9.17) is 5.73 Å². The van der Waals surface area contributed by atoms with Gasteiger partial charge >= 0.3 is 0 Å². The van der Waals surface area contributed by atoms with E-state index in [1.165, 1.54) is 96.3 Å². The average molecular weight is 368 g/mol. The highest BCUT2D eigenvalue weighted by Gasteiger charge is 2.29. The van der Waals surface area contributed by atoms with Crippen LogP contribution in [0.5, 0.6) is 0 Å². The molecule has 0 saturated heterocycles. The average Bonchev–Trinajstić information content (AvgIpc) is 2.62. The molecule has 0 aromatic carbocycles. The topological polar surface area (TPSA) is 43.1 Å². The van der Waals surface area contributed by atoms with Crippen LogP contribution >= 0.6 is 0 Å². The quantitative estimate of drug-likeness (QED) is 0.218. The van der Waals surface area contributed by atoms with E-state index in [2.05, 4.69) is 20.8 Å². The number of hydrogen-bond donors (Lipinski definition) is 1. The van der Waals surface area contributed by atoms with Crippen LogP contribution in [0.3, 0.4) is 0 Å². The van der Waals surface area contributed by atoms with Crippen molar-refractivity contribution in [3.8, 4) is 0 Å². The molecule has 2 heteroatoms. The Labute approximate surface area is 165 Å². The van der Waals surface area contributed by atoms with Crippen LogP contribution in [0.4, 0.5) is 0 Å². The summed E-state index contributed by atoms with van der Waals surface area (Å²) in [6, 6.07) is 0. The van der Waals surface area contributed by atoms with Gasteiger partial charge in [0.2, 0.25) is 5.91 Å². The summed E-state index contributed by atoms with van der Waals surface area (Å²) in [7, 11) is 0. The molecule has 26 heavy (non-hydrogen) atoms. The third-order valence-corrected chi connectivity index (χ3v) is 6.01. The zero-order chi connectivity index (χ0) is 19.5. The van der Waals surface area contributed by atoms with Crippen LogP contribution in [0, 0.1) is 5.41 Å². The van der Waals surface area contributed by atoms with Crippen LogP contribution in [0.1, 0.15) is 143 Å². The van der Waals surface area contributed by atoms with Crippen molar-refractivity contribution in [2.45, 2.75) is 143 Å². The second kappa shape index (κ2) is 17.9.